The molecule has 14 heavy (non-hydrogen) atoms. The fourth-order valence-corrected chi connectivity index (χ4v) is 2.79. The smallest absolute Gasteiger partial charge is 0.122 e. The Balaban J connectivity index is 2.62. The van der Waals surface area contributed by atoms with Crippen LogP contribution in [0.1, 0.15) is 46.5 Å². The monoisotopic (exact) mass is 198 g/mol. The molecule has 0 aromatic carbocycles. The zero-order valence-corrected chi connectivity index (χ0v) is 9.49. The van der Waals surface area contributed by atoms with Crippen LogP contribution >= 0.6 is 0 Å². The Hall–Kier alpha value is -0.370. The summed E-state index contributed by atoms with van der Waals surface area (Å²) in [6, 6.07) is 0. The van der Waals surface area contributed by atoms with Crippen LogP contribution in [0.25, 0.3) is 0 Å². The maximum absolute atomic E-state index is 10.5. The molecule has 1 fully saturated rings. The zero-order valence-electron chi connectivity index (χ0n) is 9.49. The van der Waals surface area contributed by atoms with Gasteiger partial charge in [0.1, 0.15) is 6.29 Å². The summed E-state index contributed by atoms with van der Waals surface area (Å²) in [4.78, 5) is 10.5. The lowest BCUT2D eigenvalue weighted by atomic mass is 9.69. The van der Waals surface area contributed by atoms with Crippen molar-refractivity contribution in [2.75, 3.05) is 0 Å². The predicted octanol–water partition coefficient (Wildman–Crippen LogP) is 2.40. The minimum Gasteiger partial charge on any atom is -0.389 e. The molecule has 0 amide bonds. The maximum atomic E-state index is 10.5. The van der Waals surface area contributed by atoms with Gasteiger partial charge in [0.2, 0.25) is 0 Å². The highest BCUT2D eigenvalue weighted by molar-refractivity contribution is 5.51. The van der Waals surface area contributed by atoms with E-state index in [0.717, 1.165) is 19.1 Å². The summed E-state index contributed by atoms with van der Waals surface area (Å²) in [6.07, 6.45) is 4.49. The summed E-state index contributed by atoms with van der Waals surface area (Å²) in [7, 11) is 0. The van der Waals surface area contributed by atoms with Gasteiger partial charge in [0.15, 0.2) is 0 Å². The van der Waals surface area contributed by atoms with Gasteiger partial charge in [0, 0.05) is 6.42 Å². The van der Waals surface area contributed by atoms with Crippen LogP contribution in [0.4, 0.5) is 0 Å². The fraction of sp³-hybridized carbons (Fsp3) is 0.917. The van der Waals surface area contributed by atoms with Crippen molar-refractivity contribution in [3.8, 4) is 0 Å². The SMILES string of the molecule is CC1CC(C)CC(C(C)(O)CC=O)C1. The Morgan fingerprint density at radius 1 is 1.29 bits per heavy atom. The van der Waals surface area contributed by atoms with Crippen LogP contribution < -0.4 is 0 Å². The van der Waals surface area contributed by atoms with E-state index in [-0.39, 0.29) is 6.42 Å². The molecule has 3 unspecified atom stereocenters. The molecule has 0 saturated heterocycles. The second-order valence-electron chi connectivity index (χ2n) is 5.34. The van der Waals surface area contributed by atoms with Crippen LogP contribution in [-0.4, -0.2) is 17.0 Å². The normalized spacial score (nSPS) is 37.6. The van der Waals surface area contributed by atoms with Gasteiger partial charge in [-0.2, -0.15) is 0 Å². The largest absolute Gasteiger partial charge is 0.389 e. The first-order valence-electron chi connectivity index (χ1n) is 5.61. The Kier molecular flexibility index (Phi) is 3.71. The Labute approximate surface area is 86.7 Å². The van der Waals surface area contributed by atoms with Crippen molar-refractivity contribution in [2.24, 2.45) is 17.8 Å². The molecule has 1 N–H and O–H groups in total. The van der Waals surface area contributed by atoms with Gasteiger partial charge in [0.05, 0.1) is 5.60 Å². The first-order valence-corrected chi connectivity index (χ1v) is 5.61. The second-order valence-corrected chi connectivity index (χ2v) is 5.34. The van der Waals surface area contributed by atoms with Crippen LogP contribution in [-0.2, 0) is 4.79 Å². The zero-order chi connectivity index (χ0) is 10.8. The van der Waals surface area contributed by atoms with Gasteiger partial charge in [-0.25, -0.2) is 0 Å². The summed E-state index contributed by atoms with van der Waals surface area (Å²) in [5, 5.41) is 10.1. The van der Waals surface area contributed by atoms with Crippen molar-refractivity contribution in [3.05, 3.63) is 0 Å². The summed E-state index contributed by atoms with van der Waals surface area (Å²) >= 11 is 0. The van der Waals surface area contributed by atoms with E-state index in [2.05, 4.69) is 13.8 Å². The quantitative estimate of drug-likeness (QED) is 0.707. The van der Waals surface area contributed by atoms with Gasteiger partial charge in [-0.1, -0.05) is 13.8 Å². The fourth-order valence-electron chi connectivity index (χ4n) is 2.79. The minimum absolute atomic E-state index is 0.275. The van der Waals surface area contributed by atoms with E-state index in [1.54, 1.807) is 6.92 Å². The molecule has 0 aromatic heterocycles. The molecule has 1 aliphatic carbocycles. The van der Waals surface area contributed by atoms with Gasteiger partial charge in [-0.05, 0) is 43.9 Å². The molecule has 0 aliphatic heterocycles. The average Bonchev–Trinajstić information content (AvgIpc) is 2.02. The third kappa shape index (κ3) is 2.81. The predicted molar refractivity (Wildman–Crippen MR) is 57.0 cm³/mol. The van der Waals surface area contributed by atoms with Crippen molar-refractivity contribution >= 4 is 6.29 Å². The van der Waals surface area contributed by atoms with E-state index in [4.69, 9.17) is 0 Å². The third-order valence-electron chi connectivity index (χ3n) is 3.55. The summed E-state index contributed by atoms with van der Waals surface area (Å²) < 4.78 is 0. The van der Waals surface area contributed by atoms with E-state index < -0.39 is 5.60 Å². The first-order chi connectivity index (χ1) is 6.45. The third-order valence-corrected chi connectivity index (χ3v) is 3.55. The number of rotatable bonds is 3. The number of carbonyl (C=O) groups is 1. The summed E-state index contributed by atoms with van der Waals surface area (Å²) in [5.74, 6) is 1.66. The molecule has 1 saturated carbocycles. The van der Waals surface area contributed by atoms with Crippen LogP contribution in [0.5, 0.6) is 0 Å². The molecule has 3 atom stereocenters. The highest BCUT2D eigenvalue weighted by Crippen LogP contribution is 2.39. The molecule has 1 rings (SSSR count). The lowest BCUT2D eigenvalue weighted by Crippen LogP contribution is -2.39. The molecule has 0 radical (unpaired) electrons. The summed E-state index contributed by atoms with van der Waals surface area (Å²) in [5.41, 5.74) is -0.787. The van der Waals surface area contributed by atoms with Crippen LogP contribution in [0.15, 0.2) is 0 Å². The lowest BCUT2D eigenvalue weighted by molar-refractivity contribution is -0.115. The molecule has 82 valence electrons. The highest BCUT2D eigenvalue weighted by Gasteiger charge is 2.36. The van der Waals surface area contributed by atoms with Crippen LogP contribution in [0.3, 0.4) is 0 Å². The number of carbonyl (C=O) groups excluding carboxylic acids is 1. The molecule has 0 heterocycles. The molecule has 0 bridgehead atoms. The van der Waals surface area contributed by atoms with E-state index >= 15 is 0 Å². The average molecular weight is 198 g/mol. The van der Waals surface area contributed by atoms with E-state index in [0.29, 0.717) is 17.8 Å². The Morgan fingerprint density at radius 3 is 2.21 bits per heavy atom. The van der Waals surface area contributed by atoms with Gasteiger partial charge in [-0.3, -0.25) is 0 Å². The second kappa shape index (κ2) is 4.43. The van der Waals surface area contributed by atoms with Crippen molar-refractivity contribution in [3.63, 3.8) is 0 Å². The van der Waals surface area contributed by atoms with Crippen molar-refractivity contribution in [2.45, 2.75) is 52.1 Å². The molecular formula is C12H22O2. The lowest BCUT2D eigenvalue weighted by Gasteiger charge is -2.39. The van der Waals surface area contributed by atoms with Crippen molar-refractivity contribution < 1.29 is 9.90 Å². The number of hydrogen-bond acceptors (Lipinski definition) is 2. The standard InChI is InChI=1S/C12H22O2/c1-9-6-10(2)8-11(7-9)12(3,14)4-5-13/h5,9-11,14H,4,6-8H2,1-3H3. The van der Waals surface area contributed by atoms with Gasteiger partial charge in [0.25, 0.3) is 0 Å². The van der Waals surface area contributed by atoms with E-state index in [1.807, 2.05) is 0 Å². The molecule has 2 nitrogen and oxygen atoms in total. The minimum atomic E-state index is -0.787. The van der Waals surface area contributed by atoms with Crippen LogP contribution in [0, 0.1) is 17.8 Å². The van der Waals surface area contributed by atoms with Crippen molar-refractivity contribution in [1.29, 1.82) is 0 Å². The molecule has 1 aliphatic rings. The maximum Gasteiger partial charge on any atom is 0.122 e. The topological polar surface area (TPSA) is 37.3 Å². The molecule has 0 aromatic rings. The number of aldehydes is 1. The van der Waals surface area contributed by atoms with Gasteiger partial charge >= 0.3 is 0 Å². The Bertz CT molecular complexity index is 188. The van der Waals surface area contributed by atoms with E-state index in [1.165, 1.54) is 6.42 Å². The van der Waals surface area contributed by atoms with Gasteiger partial charge < -0.3 is 9.90 Å². The van der Waals surface area contributed by atoms with E-state index in [9.17, 15) is 9.90 Å². The molecule has 0 spiro atoms. The number of hydrogen-bond donors (Lipinski definition) is 1. The highest BCUT2D eigenvalue weighted by atomic mass is 16.3. The van der Waals surface area contributed by atoms with Crippen LogP contribution in [0.2, 0.25) is 0 Å². The number of aliphatic hydroxyl groups is 1. The summed E-state index contributed by atoms with van der Waals surface area (Å²) in [6.45, 7) is 6.27. The first kappa shape index (κ1) is 11.7. The Morgan fingerprint density at radius 2 is 1.79 bits per heavy atom. The van der Waals surface area contributed by atoms with Crippen molar-refractivity contribution in [1.82, 2.24) is 0 Å². The van der Waals surface area contributed by atoms with Gasteiger partial charge in [-0.15, -0.1) is 0 Å². The molecule has 2 heteroatoms. The molecular weight excluding hydrogens is 176 g/mol.